The molecule has 0 atom stereocenters. The number of nitrogens with two attached hydrogens (primary N) is 2. The number of hydrogen-bond acceptors (Lipinski definition) is 3. The van der Waals surface area contributed by atoms with E-state index in [1.54, 1.807) is 0 Å². The summed E-state index contributed by atoms with van der Waals surface area (Å²) in [6, 6.07) is 8.03. The quantitative estimate of drug-likeness (QED) is 0.780. The molecule has 1 saturated heterocycles. The maximum absolute atomic E-state index is 11.1. The predicted octanol–water partition coefficient (Wildman–Crippen LogP) is 1.01. The second-order valence-electron chi connectivity index (χ2n) is 5.01. The molecule has 4 N–H and O–H groups in total. The lowest BCUT2D eigenvalue weighted by atomic mass is 9.96. The van der Waals surface area contributed by atoms with Crippen LogP contribution < -0.4 is 11.5 Å². The van der Waals surface area contributed by atoms with E-state index < -0.39 is 0 Å². The molecule has 0 aromatic heterocycles. The number of carbonyl (C=O) groups is 1. The van der Waals surface area contributed by atoms with Gasteiger partial charge in [-0.3, -0.25) is 4.79 Å². The molecule has 0 spiro atoms. The van der Waals surface area contributed by atoms with Crippen molar-refractivity contribution in [1.82, 2.24) is 4.90 Å². The van der Waals surface area contributed by atoms with E-state index in [4.69, 9.17) is 11.5 Å². The van der Waals surface area contributed by atoms with Crippen LogP contribution in [0, 0.1) is 5.92 Å². The molecule has 1 aliphatic rings. The zero-order valence-electron chi connectivity index (χ0n) is 10.6. The summed E-state index contributed by atoms with van der Waals surface area (Å²) in [6.45, 7) is 2.99. The summed E-state index contributed by atoms with van der Waals surface area (Å²) >= 11 is 0. The van der Waals surface area contributed by atoms with E-state index in [0.717, 1.165) is 44.6 Å². The van der Waals surface area contributed by atoms with Crippen LogP contribution in [0.15, 0.2) is 24.3 Å². The Morgan fingerprint density at radius 1 is 1.22 bits per heavy atom. The summed E-state index contributed by atoms with van der Waals surface area (Å²) in [5.74, 6) is -0.0639. The number of rotatable bonds is 4. The van der Waals surface area contributed by atoms with Crippen molar-refractivity contribution in [3.63, 3.8) is 0 Å². The van der Waals surface area contributed by atoms with Gasteiger partial charge in [-0.2, -0.15) is 0 Å². The highest BCUT2D eigenvalue weighted by Gasteiger charge is 2.22. The highest BCUT2D eigenvalue weighted by atomic mass is 16.1. The van der Waals surface area contributed by atoms with E-state index in [-0.39, 0.29) is 11.8 Å². The minimum Gasteiger partial charge on any atom is -0.399 e. The van der Waals surface area contributed by atoms with Crippen molar-refractivity contribution in [2.24, 2.45) is 11.7 Å². The minimum absolute atomic E-state index is 0.0813. The lowest BCUT2D eigenvalue weighted by Gasteiger charge is -2.30. The molecule has 4 nitrogen and oxygen atoms in total. The van der Waals surface area contributed by atoms with Gasteiger partial charge >= 0.3 is 0 Å². The molecule has 4 heteroatoms. The van der Waals surface area contributed by atoms with Crippen LogP contribution in [-0.4, -0.2) is 30.4 Å². The number of benzene rings is 1. The molecule has 1 amide bonds. The van der Waals surface area contributed by atoms with E-state index in [0.29, 0.717) is 0 Å². The molecule has 98 valence electrons. The van der Waals surface area contributed by atoms with Crippen molar-refractivity contribution in [2.45, 2.75) is 19.3 Å². The first-order chi connectivity index (χ1) is 8.65. The van der Waals surface area contributed by atoms with Crippen molar-refractivity contribution < 1.29 is 4.79 Å². The third-order valence-electron chi connectivity index (χ3n) is 3.69. The van der Waals surface area contributed by atoms with Crippen molar-refractivity contribution >= 4 is 11.6 Å². The SMILES string of the molecule is NC(=O)C1CCN(CCc2ccc(N)cc2)CC1. The van der Waals surface area contributed by atoms with Crippen LogP contribution in [0.2, 0.25) is 0 Å². The van der Waals surface area contributed by atoms with E-state index >= 15 is 0 Å². The van der Waals surface area contributed by atoms with E-state index in [1.807, 2.05) is 12.1 Å². The van der Waals surface area contributed by atoms with Gasteiger partial charge in [-0.05, 0) is 50.0 Å². The Kier molecular flexibility index (Phi) is 4.20. The highest BCUT2D eigenvalue weighted by molar-refractivity contribution is 5.76. The van der Waals surface area contributed by atoms with E-state index in [1.165, 1.54) is 5.56 Å². The van der Waals surface area contributed by atoms with Gasteiger partial charge in [0.05, 0.1) is 0 Å². The first kappa shape index (κ1) is 12.9. The Morgan fingerprint density at radius 3 is 2.39 bits per heavy atom. The van der Waals surface area contributed by atoms with Crippen molar-refractivity contribution in [2.75, 3.05) is 25.4 Å². The van der Waals surface area contributed by atoms with Gasteiger partial charge in [-0.25, -0.2) is 0 Å². The number of hydrogen-bond donors (Lipinski definition) is 2. The van der Waals surface area contributed by atoms with Crippen molar-refractivity contribution in [3.05, 3.63) is 29.8 Å². The third-order valence-corrected chi connectivity index (χ3v) is 3.69. The Labute approximate surface area is 108 Å². The van der Waals surface area contributed by atoms with Gasteiger partial charge in [0.1, 0.15) is 0 Å². The first-order valence-electron chi connectivity index (χ1n) is 6.51. The number of likely N-dealkylation sites (tertiary alicyclic amines) is 1. The summed E-state index contributed by atoms with van der Waals surface area (Å²) in [7, 11) is 0. The molecule has 0 saturated carbocycles. The van der Waals surface area contributed by atoms with Gasteiger partial charge in [-0.15, -0.1) is 0 Å². The Balaban J connectivity index is 1.75. The van der Waals surface area contributed by atoms with E-state index in [2.05, 4.69) is 17.0 Å². The fourth-order valence-corrected chi connectivity index (χ4v) is 2.41. The largest absolute Gasteiger partial charge is 0.399 e. The van der Waals surface area contributed by atoms with Gasteiger partial charge in [0.25, 0.3) is 0 Å². The lowest BCUT2D eigenvalue weighted by molar-refractivity contribution is -0.123. The summed E-state index contributed by atoms with van der Waals surface area (Å²) in [5.41, 5.74) is 13.1. The van der Waals surface area contributed by atoms with Crippen LogP contribution in [0.25, 0.3) is 0 Å². The third kappa shape index (κ3) is 3.47. The highest BCUT2D eigenvalue weighted by Crippen LogP contribution is 2.17. The fraction of sp³-hybridized carbons (Fsp3) is 0.500. The van der Waals surface area contributed by atoms with Crippen LogP contribution in [0.3, 0.4) is 0 Å². The maximum Gasteiger partial charge on any atom is 0.220 e. The van der Waals surface area contributed by atoms with Crippen LogP contribution in [-0.2, 0) is 11.2 Å². The molecule has 0 radical (unpaired) electrons. The smallest absolute Gasteiger partial charge is 0.220 e. The average molecular weight is 247 g/mol. The molecule has 0 bridgehead atoms. The molecule has 1 fully saturated rings. The standard InChI is InChI=1S/C14H21N3O/c15-13-3-1-11(2-4-13)5-8-17-9-6-12(7-10-17)14(16)18/h1-4,12H,5-10,15H2,(H2,16,18). The zero-order valence-corrected chi connectivity index (χ0v) is 10.6. The van der Waals surface area contributed by atoms with Crippen LogP contribution in [0.5, 0.6) is 0 Å². The summed E-state index contributed by atoms with van der Waals surface area (Å²) in [4.78, 5) is 13.5. The topological polar surface area (TPSA) is 72.4 Å². The molecule has 1 aromatic rings. The summed E-state index contributed by atoms with van der Waals surface area (Å²) in [5, 5.41) is 0. The molecule has 0 unspecified atom stereocenters. The molecule has 1 heterocycles. The van der Waals surface area contributed by atoms with Crippen LogP contribution >= 0.6 is 0 Å². The number of carbonyl (C=O) groups excluding carboxylic acids is 1. The van der Waals surface area contributed by atoms with Gasteiger partial charge < -0.3 is 16.4 Å². The summed E-state index contributed by atoms with van der Waals surface area (Å²) < 4.78 is 0. The van der Waals surface area contributed by atoms with Crippen LogP contribution in [0.4, 0.5) is 5.69 Å². The monoisotopic (exact) mass is 247 g/mol. The Bertz CT molecular complexity index is 394. The minimum atomic E-state index is -0.145. The number of nitrogens with zero attached hydrogens (tertiary/aromatic N) is 1. The number of amides is 1. The summed E-state index contributed by atoms with van der Waals surface area (Å²) in [6.07, 6.45) is 2.83. The van der Waals surface area contributed by atoms with Gasteiger partial charge in [0, 0.05) is 18.2 Å². The number of anilines is 1. The average Bonchev–Trinajstić information content (AvgIpc) is 2.38. The second kappa shape index (κ2) is 5.87. The normalized spacial score (nSPS) is 17.8. The molecule has 1 aromatic carbocycles. The Morgan fingerprint density at radius 2 is 1.83 bits per heavy atom. The van der Waals surface area contributed by atoms with Crippen molar-refractivity contribution in [3.8, 4) is 0 Å². The molecular formula is C14H21N3O. The second-order valence-corrected chi connectivity index (χ2v) is 5.01. The Hall–Kier alpha value is -1.55. The number of primary amides is 1. The van der Waals surface area contributed by atoms with Gasteiger partial charge in [0.15, 0.2) is 0 Å². The van der Waals surface area contributed by atoms with Gasteiger partial charge in [-0.1, -0.05) is 12.1 Å². The van der Waals surface area contributed by atoms with Crippen LogP contribution in [0.1, 0.15) is 18.4 Å². The van der Waals surface area contributed by atoms with Crippen molar-refractivity contribution in [1.29, 1.82) is 0 Å². The molecule has 1 aliphatic heterocycles. The molecule has 2 rings (SSSR count). The molecule has 0 aliphatic carbocycles. The van der Waals surface area contributed by atoms with E-state index in [9.17, 15) is 4.79 Å². The fourth-order valence-electron chi connectivity index (χ4n) is 2.41. The van der Waals surface area contributed by atoms with Gasteiger partial charge in [0.2, 0.25) is 5.91 Å². The number of nitrogen functional groups attached to an aromatic ring is 1. The first-order valence-corrected chi connectivity index (χ1v) is 6.51. The number of piperidine rings is 1. The zero-order chi connectivity index (χ0) is 13.0. The maximum atomic E-state index is 11.1. The molecule has 18 heavy (non-hydrogen) atoms. The molecular weight excluding hydrogens is 226 g/mol. The lowest BCUT2D eigenvalue weighted by Crippen LogP contribution is -2.39. The predicted molar refractivity (Wildman–Crippen MR) is 72.9 cm³/mol.